The molecule has 1 atom stereocenters. The summed E-state index contributed by atoms with van der Waals surface area (Å²) >= 11 is 0. The van der Waals surface area contributed by atoms with Crippen molar-refractivity contribution in [1.29, 1.82) is 0 Å². The first-order chi connectivity index (χ1) is 6.65. The molecule has 0 spiro atoms. The molecular weight excluding hydrogens is 184 g/mol. The molecule has 0 aliphatic rings. The van der Waals surface area contributed by atoms with Crippen molar-refractivity contribution < 1.29 is 18.9 Å². The monoisotopic (exact) mass is 208 g/mol. The van der Waals surface area contributed by atoms with Crippen LogP contribution in [0, 0.1) is 0 Å². The summed E-state index contributed by atoms with van der Waals surface area (Å²) in [5.74, 6) is 0. The summed E-state index contributed by atoms with van der Waals surface area (Å²) in [5.41, 5.74) is 0. The molecule has 0 aliphatic heterocycles. The SMILES string of the molecule is CCC(OC)OC.COCC(C)OC. The second-order valence-corrected chi connectivity index (χ2v) is 2.81. The van der Waals surface area contributed by atoms with Crippen molar-refractivity contribution in [2.45, 2.75) is 32.7 Å². The molecule has 0 N–H and O–H groups in total. The van der Waals surface area contributed by atoms with Gasteiger partial charge in [0, 0.05) is 28.4 Å². The third-order valence-corrected chi connectivity index (χ3v) is 1.66. The van der Waals surface area contributed by atoms with Crippen molar-refractivity contribution in [3.8, 4) is 0 Å². The highest BCUT2D eigenvalue weighted by Crippen LogP contribution is 1.93. The lowest BCUT2D eigenvalue weighted by molar-refractivity contribution is -0.103. The lowest BCUT2D eigenvalue weighted by atomic mass is 10.4. The minimum absolute atomic E-state index is 0.0139. The van der Waals surface area contributed by atoms with Gasteiger partial charge in [-0.2, -0.15) is 0 Å². The molecule has 4 heteroatoms. The van der Waals surface area contributed by atoms with Gasteiger partial charge in [0.05, 0.1) is 12.7 Å². The van der Waals surface area contributed by atoms with Crippen molar-refractivity contribution in [2.24, 2.45) is 0 Å². The first kappa shape index (κ1) is 16.3. The summed E-state index contributed by atoms with van der Waals surface area (Å²) in [6, 6.07) is 0. The minimum Gasteiger partial charge on any atom is -0.382 e. The standard InChI is InChI=1S/2C5H12O2/c1-5(7-3)4-6-2;1-4-5(6-2)7-3/h2*5H,4H2,1-3H3. The van der Waals surface area contributed by atoms with Crippen LogP contribution < -0.4 is 0 Å². The first-order valence-electron chi connectivity index (χ1n) is 4.73. The number of ether oxygens (including phenoxy) is 4. The predicted molar refractivity (Wildman–Crippen MR) is 56.4 cm³/mol. The minimum atomic E-state index is -0.0139. The largest absolute Gasteiger partial charge is 0.382 e. The van der Waals surface area contributed by atoms with Crippen LogP contribution in [0.3, 0.4) is 0 Å². The number of hydrogen-bond donors (Lipinski definition) is 0. The van der Waals surface area contributed by atoms with Crippen LogP contribution in [0.2, 0.25) is 0 Å². The maximum atomic E-state index is 4.87. The van der Waals surface area contributed by atoms with E-state index in [9.17, 15) is 0 Å². The van der Waals surface area contributed by atoms with Crippen molar-refractivity contribution in [1.82, 2.24) is 0 Å². The van der Waals surface area contributed by atoms with Gasteiger partial charge in [-0.25, -0.2) is 0 Å². The Kier molecular flexibility index (Phi) is 14.9. The number of hydrogen-bond acceptors (Lipinski definition) is 4. The van der Waals surface area contributed by atoms with E-state index in [0.717, 1.165) is 6.42 Å². The van der Waals surface area contributed by atoms with E-state index in [1.165, 1.54) is 0 Å². The Morgan fingerprint density at radius 1 is 0.929 bits per heavy atom. The Balaban J connectivity index is 0. The lowest BCUT2D eigenvalue weighted by Crippen LogP contribution is -2.11. The second-order valence-electron chi connectivity index (χ2n) is 2.81. The van der Waals surface area contributed by atoms with Gasteiger partial charge >= 0.3 is 0 Å². The Morgan fingerprint density at radius 2 is 1.43 bits per heavy atom. The van der Waals surface area contributed by atoms with Crippen LogP contribution in [-0.4, -0.2) is 47.4 Å². The molecule has 0 fully saturated rings. The maximum Gasteiger partial charge on any atom is 0.156 e. The third-order valence-electron chi connectivity index (χ3n) is 1.66. The fourth-order valence-electron chi connectivity index (χ4n) is 0.732. The Morgan fingerprint density at radius 3 is 1.50 bits per heavy atom. The quantitative estimate of drug-likeness (QED) is 0.622. The van der Waals surface area contributed by atoms with Crippen LogP contribution in [-0.2, 0) is 18.9 Å². The molecule has 14 heavy (non-hydrogen) atoms. The normalized spacial score (nSPS) is 12.2. The van der Waals surface area contributed by atoms with Crippen LogP contribution in [0.4, 0.5) is 0 Å². The molecule has 0 aromatic heterocycles. The second kappa shape index (κ2) is 12.8. The summed E-state index contributed by atoms with van der Waals surface area (Å²) in [6.07, 6.45) is 1.12. The summed E-state index contributed by atoms with van der Waals surface area (Å²) < 4.78 is 19.3. The van der Waals surface area contributed by atoms with Crippen LogP contribution in [0.15, 0.2) is 0 Å². The van der Waals surface area contributed by atoms with E-state index < -0.39 is 0 Å². The molecular formula is C10H24O4. The van der Waals surface area contributed by atoms with E-state index in [0.29, 0.717) is 6.61 Å². The molecule has 88 valence electrons. The molecule has 0 radical (unpaired) electrons. The zero-order chi connectivity index (χ0) is 11.4. The van der Waals surface area contributed by atoms with Gasteiger partial charge in [-0.1, -0.05) is 6.92 Å². The molecule has 0 amide bonds. The molecule has 0 bridgehead atoms. The van der Waals surface area contributed by atoms with E-state index in [-0.39, 0.29) is 12.4 Å². The van der Waals surface area contributed by atoms with Crippen molar-refractivity contribution in [3.05, 3.63) is 0 Å². The van der Waals surface area contributed by atoms with Crippen molar-refractivity contribution >= 4 is 0 Å². The van der Waals surface area contributed by atoms with Gasteiger partial charge in [0.1, 0.15) is 0 Å². The molecule has 0 heterocycles. The first-order valence-corrected chi connectivity index (χ1v) is 4.73. The average molecular weight is 208 g/mol. The van der Waals surface area contributed by atoms with E-state index in [4.69, 9.17) is 18.9 Å². The molecule has 0 saturated heterocycles. The zero-order valence-electron chi connectivity index (χ0n) is 10.2. The van der Waals surface area contributed by atoms with Gasteiger partial charge in [0.2, 0.25) is 0 Å². The van der Waals surface area contributed by atoms with E-state index >= 15 is 0 Å². The smallest absolute Gasteiger partial charge is 0.156 e. The van der Waals surface area contributed by atoms with E-state index in [1.54, 1.807) is 28.4 Å². The van der Waals surface area contributed by atoms with Gasteiger partial charge in [-0.05, 0) is 13.3 Å². The van der Waals surface area contributed by atoms with Gasteiger partial charge in [-0.15, -0.1) is 0 Å². The lowest BCUT2D eigenvalue weighted by Gasteiger charge is -2.08. The molecule has 1 unspecified atom stereocenters. The Hall–Kier alpha value is -0.160. The van der Waals surface area contributed by atoms with Crippen LogP contribution >= 0.6 is 0 Å². The van der Waals surface area contributed by atoms with Crippen LogP contribution in [0.5, 0.6) is 0 Å². The molecule has 0 aromatic carbocycles. The zero-order valence-corrected chi connectivity index (χ0v) is 10.2. The third kappa shape index (κ3) is 11.8. The highest BCUT2D eigenvalue weighted by atomic mass is 16.7. The van der Waals surface area contributed by atoms with E-state index in [1.807, 2.05) is 13.8 Å². The predicted octanol–water partition coefficient (Wildman–Crippen LogP) is 1.68. The van der Waals surface area contributed by atoms with Gasteiger partial charge in [0.15, 0.2) is 6.29 Å². The van der Waals surface area contributed by atoms with Crippen molar-refractivity contribution in [2.75, 3.05) is 35.0 Å². The summed E-state index contributed by atoms with van der Waals surface area (Å²) in [6.45, 7) is 4.65. The molecule has 0 saturated carbocycles. The van der Waals surface area contributed by atoms with E-state index in [2.05, 4.69) is 0 Å². The molecule has 0 rings (SSSR count). The Bertz CT molecular complexity index is 88.6. The number of rotatable bonds is 6. The molecule has 0 aromatic rings. The van der Waals surface area contributed by atoms with Gasteiger partial charge in [0.25, 0.3) is 0 Å². The highest BCUT2D eigenvalue weighted by molar-refractivity contribution is 4.41. The maximum absolute atomic E-state index is 4.87. The summed E-state index contributed by atoms with van der Waals surface area (Å²) in [7, 11) is 6.61. The highest BCUT2D eigenvalue weighted by Gasteiger charge is 1.96. The molecule has 0 aliphatic carbocycles. The molecule has 4 nitrogen and oxygen atoms in total. The average Bonchev–Trinajstić information content (AvgIpc) is 2.22. The Labute approximate surface area is 87.5 Å². The summed E-state index contributed by atoms with van der Waals surface area (Å²) in [5, 5.41) is 0. The van der Waals surface area contributed by atoms with Gasteiger partial charge < -0.3 is 18.9 Å². The van der Waals surface area contributed by atoms with Crippen molar-refractivity contribution in [3.63, 3.8) is 0 Å². The van der Waals surface area contributed by atoms with Crippen LogP contribution in [0.25, 0.3) is 0 Å². The van der Waals surface area contributed by atoms with Gasteiger partial charge in [-0.3, -0.25) is 0 Å². The fourth-order valence-corrected chi connectivity index (χ4v) is 0.732. The fraction of sp³-hybridized carbons (Fsp3) is 1.00. The number of methoxy groups -OCH3 is 4. The van der Waals surface area contributed by atoms with Crippen LogP contribution in [0.1, 0.15) is 20.3 Å². The summed E-state index contributed by atoms with van der Waals surface area (Å²) in [4.78, 5) is 0. The topological polar surface area (TPSA) is 36.9 Å².